The van der Waals surface area contributed by atoms with Crippen LogP contribution in [0.5, 0.6) is 0 Å². The van der Waals surface area contributed by atoms with Crippen LogP contribution in [0.1, 0.15) is 28.9 Å². The molecule has 2 aromatic heterocycles. The van der Waals surface area contributed by atoms with E-state index < -0.39 is 0 Å². The zero-order valence-corrected chi connectivity index (χ0v) is 13.4. The van der Waals surface area contributed by atoms with Crippen molar-refractivity contribution in [1.29, 1.82) is 0 Å². The number of fused-ring (bicyclic) bond motifs is 1. The SMILES string of the molecule is Nc1cc2c(nc1-c1ccc(-c3ccccc3)s1)CCCC2=O. The summed E-state index contributed by atoms with van der Waals surface area (Å²) >= 11 is 1.68. The monoisotopic (exact) mass is 320 g/mol. The summed E-state index contributed by atoms with van der Waals surface area (Å²) in [6.07, 6.45) is 2.33. The lowest BCUT2D eigenvalue weighted by molar-refractivity contribution is 0.0971. The first-order valence-electron chi connectivity index (χ1n) is 7.70. The van der Waals surface area contributed by atoms with E-state index in [0.717, 1.165) is 29.1 Å². The Labute approximate surface area is 138 Å². The van der Waals surface area contributed by atoms with Crippen LogP contribution in [0.3, 0.4) is 0 Å². The number of hydrogen-bond donors (Lipinski definition) is 1. The van der Waals surface area contributed by atoms with Gasteiger partial charge in [-0.2, -0.15) is 0 Å². The highest BCUT2D eigenvalue weighted by atomic mass is 32.1. The first-order chi connectivity index (χ1) is 11.2. The topological polar surface area (TPSA) is 56.0 Å². The quantitative estimate of drug-likeness (QED) is 0.752. The van der Waals surface area contributed by atoms with Gasteiger partial charge in [-0.25, -0.2) is 4.98 Å². The molecule has 114 valence electrons. The Bertz CT molecular complexity index is 884. The Kier molecular flexibility index (Phi) is 3.46. The Balaban J connectivity index is 1.77. The van der Waals surface area contributed by atoms with Gasteiger partial charge in [-0.05, 0) is 36.6 Å². The lowest BCUT2D eigenvalue weighted by Gasteiger charge is -2.15. The van der Waals surface area contributed by atoms with Crippen LogP contribution >= 0.6 is 11.3 Å². The van der Waals surface area contributed by atoms with Gasteiger partial charge in [0.1, 0.15) is 5.69 Å². The van der Waals surface area contributed by atoms with Gasteiger partial charge in [0, 0.05) is 16.9 Å². The summed E-state index contributed by atoms with van der Waals surface area (Å²) in [4.78, 5) is 18.9. The molecule has 3 nitrogen and oxygen atoms in total. The third kappa shape index (κ3) is 2.55. The largest absolute Gasteiger partial charge is 0.397 e. The van der Waals surface area contributed by atoms with Crippen LogP contribution in [0.25, 0.3) is 21.0 Å². The molecule has 0 unspecified atom stereocenters. The van der Waals surface area contributed by atoms with Crippen molar-refractivity contribution in [2.24, 2.45) is 0 Å². The number of benzene rings is 1. The molecule has 1 aromatic carbocycles. The predicted molar refractivity (Wildman–Crippen MR) is 94.7 cm³/mol. The number of anilines is 1. The van der Waals surface area contributed by atoms with Crippen LogP contribution in [-0.2, 0) is 6.42 Å². The number of pyridine rings is 1. The number of nitrogens with two attached hydrogens (primary N) is 1. The van der Waals surface area contributed by atoms with E-state index in [2.05, 4.69) is 24.3 Å². The van der Waals surface area contributed by atoms with Gasteiger partial charge in [0.05, 0.1) is 16.3 Å². The Hall–Kier alpha value is -2.46. The summed E-state index contributed by atoms with van der Waals surface area (Å²) in [7, 11) is 0. The van der Waals surface area contributed by atoms with Crippen molar-refractivity contribution < 1.29 is 4.79 Å². The molecule has 23 heavy (non-hydrogen) atoms. The minimum atomic E-state index is 0.160. The average molecular weight is 320 g/mol. The van der Waals surface area contributed by atoms with E-state index in [-0.39, 0.29) is 5.78 Å². The van der Waals surface area contributed by atoms with Crippen molar-refractivity contribution in [2.75, 3.05) is 5.73 Å². The maximum absolute atomic E-state index is 12.0. The van der Waals surface area contributed by atoms with Crippen molar-refractivity contribution in [3.63, 3.8) is 0 Å². The number of thiophene rings is 1. The van der Waals surface area contributed by atoms with Gasteiger partial charge in [-0.1, -0.05) is 30.3 Å². The highest BCUT2D eigenvalue weighted by molar-refractivity contribution is 7.18. The number of carbonyl (C=O) groups excluding carboxylic acids is 1. The summed E-state index contributed by atoms with van der Waals surface area (Å²) in [5.74, 6) is 0.160. The van der Waals surface area contributed by atoms with Crippen molar-refractivity contribution in [1.82, 2.24) is 4.98 Å². The molecule has 0 saturated carbocycles. The van der Waals surface area contributed by atoms with Crippen LogP contribution in [0.15, 0.2) is 48.5 Å². The maximum atomic E-state index is 12.0. The van der Waals surface area contributed by atoms with Crippen LogP contribution in [-0.4, -0.2) is 10.8 Å². The molecule has 0 aliphatic heterocycles. The summed E-state index contributed by atoms with van der Waals surface area (Å²) in [5.41, 5.74) is 10.3. The fourth-order valence-corrected chi connectivity index (χ4v) is 3.99. The van der Waals surface area contributed by atoms with Gasteiger partial charge in [-0.15, -0.1) is 11.3 Å². The molecule has 0 spiro atoms. The number of nitrogens with zero attached hydrogens (tertiary/aromatic N) is 1. The minimum absolute atomic E-state index is 0.160. The van der Waals surface area contributed by atoms with E-state index in [9.17, 15) is 4.79 Å². The average Bonchev–Trinajstić information content (AvgIpc) is 3.06. The normalized spacial score (nSPS) is 13.8. The Morgan fingerprint density at radius 1 is 1.00 bits per heavy atom. The number of ketones is 1. The van der Waals surface area contributed by atoms with Gasteiger partial charge in [0.15, 0.2) is 5.78 Å². The maximum Gasteiger partial charge on any atom is 0.164 e. The van der Waals surface area contributed by atoms with E-state index in [1.807, 2.05) is 18.2 Å². The van der Waals surface area contributed by atoms with Crippen LogP contribution in [0.4, 0.5) is 5.69 Å². The molecule has 1 aliphatic rings. The molecule has 0 radical (unpaired) electrons. The number of hydrogen-bond acceptors (Lipinski definition) is 4. The summed E-state index contributed by atoms with van der Waals surface area (Å²) in [5, 5.41) is 0. The molecule has 3 aromatic rings. The van der Waals surface area contributed by atoms with Gasteiger partial charge in [0.25, 0.3) is 0 Å². The van der Waals surface area contributed by atoms with E-state index >= 15 is 0 Å². The molecule has 4 heteroatoms. The van der Waals surface area contributed by atoms with Crippen LogP contribution in [0.2, 0.25) is 0 Å². The third-order valence-corrected chi connectivity index (χ3v) is 5.29. The molecule has 0 saturated heterocycles. The zero-order chi connectivity index (χ0) is 15.8. The summed E-state index contributed by atoms with van der Waals surface area (Å²) in [6.45, 7) is 0. The van der Waals surface area contributed by atoms with E-state index in [1.165, 1.54) is 10.4 Å². The lowest BCUT2D eigenvalue weighted by atomic mass is 9.94. The molecular formula is C19H16N2OS. The van der Waals surface area contributed by atoms with Crippen LogP contribution < -0.4 is 5.73 Å². The van der Waals surface area contributed by atoms with E-state index in [1.54, 1.807) is 17.4 Å². The molecule has 4 rings (SSSR count). The first kappa shape index (κ1) is 14.2. The molecule has 0 atom stereocenters. The lowest BCUT2D eigenvalue weighted by Crippen LogP contribution is -2.14. The molecule has 1 aliphatic carbocycles. The highest BCUT2D eigenvalue weighted by Gasteiger charge is 2.21. The fourth-order valence-electron chi connectivity index (χ4n) is 2.97. The summed E-state index contributed by atoms with van der Waals surface area (Å²) < 4.78 is 0. The molecule has 0 bridgehead atoms. The van der Waals surface area contributed by atoms with Crippen LogP contribution in [0, 0.1) is 0 Å². The van der Waals surface area contributed by atoms with Crippen molar-refractivity contribution >= 4 is 22.8 Å². The molecule has 2 heterocycles. The van der Waals surface area contributed by atoms with Crippen molar-refractivity contribution in [2.45, 2.75) is 19.3 Å². The second-order valence-corrected chi connectivity index (χ2v) is 6.81. The highest BCUT2D eigenvalue weighted by Crippen LogP contribution is 2.37. The van der Waals surface area contributed by atoms with E-state index in [0.29, 0.717) is 17.7 Å². The second-order valence-electron chi connectivity index (χ2n) is 5.73. The summed E-state index contributed by atoms with van der Waals surface area (Å²) in [6, 6.07) is 16.2. The third-order valence-electron chi connectivity index (χ3n) is 4.15. The smallest absolute Gasteiger partial charge is 0.164 e. The standard InChI is InChI=1S/C19H16N2OS/c20-14-11-13-15(7-4-8-16(13)22)21-19(14)18-10-9-17(23-18)12-5-2-1-3-6-12/h1-3,5-6,9-11H,4,7-8,20H2. The Morgan fingerprint density at radius 2 is 1.78 bits per heavy atom. The second kappa shape index (κ2) is 5.63. The van der Waals surface area contributed by atoms with Gasteiger partial charge in [-0.3, -0.25) is 4.79 Å². The number of Topliss-reactive ketones (excluding diaryl/α,β-unsaturated/α-hetero) is 1. The molecule has 0 fully saturated rings. The Morgan fingerprint density at radius 3 is 2.61 bits per heavy atom. The van der Waals surface area contributed by atoms with Gasteiger partial charge < -0.3 is 5.73 Å². The van der Waals surface area contributed by atoms with Crippen molar-refractivity contribution in [3.8, 4) is 21.0 Å². The zero-order valence-electron chi connectivity index (χ0n) is 12.6. The number of nitrogen functional groups attached to an aromatic ring is 1. The van der Waals surface area contributed by atoms with E-state index in [4.69, 9.17) is 10.7 Å². The minimum Gasteiger partial charge on any atom is -0.397 e. The van der Waals surface area contributed by atoms with Crippen molar-refractivity contribution in [3.05, 3.63) is 59.8 Å². The fraction of sp³-hybridized carbons (Fsp3) is 0.158. The number of aromatic nitrogens is 1. The van der Waals surface area contributed by atoms with Gasteiger partial charge in [0.2, 0.25) is 0 Å². The molecule has 0 amide bonds. The number of carbonyl (C=O) groups is 1. The number of aryl methyl sites for hydroxylation is 1. The van der Waals surface area contributed by atoms with Gasteiger partial charge >= 0.3 is 0 Å². The molecular weight excluding hydrogens is 304 g/mol. The first-order valence-corrected chi connectivity index (χ1v) is 8.52. The predicted octanol–water partition coefficient (Wildman–Crippen LogP) is 4.58. The number of rotatable bonds is 2. The molecule has 2 N–H and O–H groups in total.